The van der Waals surface area contributed by atoms with Crippen LogP contribution in [0.3, 0.4) is 0 Å². The van der Waals surface area contributed by atoms with E-state index in [0.29, 0.717) is 17.0 Å². The Morgan fingerprint density at radius 1 is 1.48 bits per heavy atom. The second-order valence-electron chi connectivity index (χ2n) is 6.07. The van der Waals surface area contributed by atoms with Gasteiger partial charge < -0.3 is 15.8 Å². The molecule has 21 heavy (non-hydrogen) atoms. The molecule has 1 fully saturated rings. The van der Waals surface area contributed by atoms with E-state index in [1.54, 1.807) is 0 Å². The molecule has 0 bridgehead atoms. The van der Waals surface area contributed by atoms with Crippen LogP contribution in [0.25, 0.3) is 0 Å². The Bertz CT molecular complexity index is 547. The Morgan fingerprint density at radius 2 is 2.29 bits per heavy atom. The molecule has 2 atom stereocenters. The van der Waals surface area contributed by atoms with Gasteiger partial charge in [-0.2, -0.15) is 0 Å². The summed E-state index contributed by atoms with van der Waals surface area (Å²) in [5.74, 6) is 1.38. The lowest BCUT2D eigenvalue weighted by atomic mass is 9.94. The van der Waals surface area contributed by atoms with Crippen LogP contribution in [0.1, 0.15) is 43.0 Å². The number of aryl methyl sites for hydroxylation is 2. The molecule has 3 rings (SSSR count). The molecule has 0 radical (unpaired) electrons. The molecule has 1 saturated heterocycles. The minimum absolute atomic E-state index is 0.309. The predicted molar refractivity (Wildman–Crippen MR) is 88.8 cm³/mol. The summed E-state index contributed by atoms with van der Waals surface area (Å²) in [6.07, 6.45) is 6.01. The SMILES string of the molecule is CC1OCCC1CNc1nc2c(cc1C(N)=S)CCCC2. The second kappa shape index (κ2) is 6.28. The average Bonchev–Trinajstić information content (AvgIpc) is 2.89. The fourth-order valence-corrected chi connectivity index (χ4v) is 3.38. The number of thiocarbonyl (C=S) groups is 1. The first-order valence-corrected chi connectivity index (χ1v) is 8.24. The van der Waals surface area contributed by atoms with Crippen molar-refractivity contribution in [2.75, 3.05) is 18.5 Å². The van der Waals surface area contributed by atoms with Crippen LogP contribution in [0.2, 0.25) is 0 Å². The summed E-state index contributed by atoms with van der Waals surface area (Å²) in [5.41, 5.74) is 9.29. The molecule has 0 aromatic carbocycles. The zero-order valence-corrected chi connectivity index (χ0v) is 13.3. The smallest absolute Gasteiger partial charge is 0.136 e. The maximum Gasteiger partial charge on any atom is 0.136 e. The van der Waals surface area contributed by atoms with Gasteiger partial charge in [0.15, 0.2) is 0 Å². The van der Waals surface area contributed by atoms with E-state index in [4.69, 9.17) is 27.7 Å². The van der Waals surface area contributed by atoms with E-state index in [-0.39, 0.29) is 0 Å². The highest BCUT2D eigenvalue weighted by atomic mass is 32.1. The lowest BCUT2D eigenvalue weighted by Gasteiger charge is -2.21. The predicted octanol–water partition coefficient (Wildman–Crippen LogP) is 2.43. The number of fused-ring (bicyclic) bond motifs is 1. The molecule has 2 unspecified atom stereocenters. The molecular weight excluding hydrogens is 282 g/mol. The van der Waals surface area contributed by atoms with Crippen LogP contribution in [0.5, 0.6) is 0 Å². The number of nitrogens with zero attached hydrogens (tertiary/aromatic N) is 1. The third kappa shape index (κ3) is 3.19. The van der Waals surface area contributed by atoms with Gasteiger partial charge in [-0.15, -0.1) is 0 Å². The second-order valence-corrected chi connectivity index (χ2v) is 6.51. The summed E-state index contributed by atoms with van der Waals surface area (Å²) in [6, 6.07) is 2.14. The summed E-state index contributed by atoms with van der Waals surface area (Å²) >= 11 is 5.20. The monoisotopic (exact) mass is 305 g/mol. The molecule has 1 aliphatic heterocycles. The van der Waals surface area contributed by atoms with E-state index >= 15 is 0 Å². The van der Waals surface area contributed by atoms with Crippen molar-refractivity contribution in [2.45, 2.75) is 45.1 Å². The number of anilines is 1. The maximum absolute atomic E-state index is 5.89. The van der Waals surface area contributed by atoms with Crippen molar-refractivity contribution in [1.29, 1.82) is 0 Å². The van der Waals surface area contributed by atoms with Crippen LogP contribution in [-0.4, -0.2) is 29.2 Å². The molecule has 5 heteroatoms. The summed E-state index contributed by atoms with van der Waals surface area (Å²) < 4.78 is 5.61. The molecule has 3 N–H and O–H groups in total. The van der Waals surface area contributed by atoms with Crippen LogP contribution in [0.4, 0.5) is 5.82 Å². The molecule has 2 heterocycles. The Labute approximate surface area is 131 Å². The number of ether oxygens (including phenoxy) is 1. The van der Waals surface area contributed by atoms with Crippen molar-refractivity contribution in [3.8, 4) is 0 Å². The van der Waals surface area contributed by atoms with Gasteiger partial charge in [0.05, 0.1) is 11.7 Å². The van der Waals surface area contributed by atoms with Gasteiger partial charge in [0.2, 0.25) is 0 Å². The normalized spacial score (nSPS) is 24.6. The number of hydrogen-bond donors (Lipinski definition) is 2. The third-order valence-electron chi connectivity index (χ3n) is 4.63. The number of nitrogens with two attached hydrogens (primary N) is 1. The molecule has 1 aromatic rings. The third-order valence-corrected chi connectivity index (χ3v) is 4.85. The fourth-order valence-electron chi connectivity index (χ4n) is 3.23. The Hall–Kier alpha value is -1.20. The average molecular weight is 305 g/mol. The number of hydrogen-bond acceptors (Lipinski definition) is 4. The summed E-state index contributed by atoms with van der Waals surface area (Å²) in [7, 11) is 0. The van der Waals surface area contributed by atoms with Gasteiger partial charge in [0.25, 0.3) is 0 Å². The molecule has 0 amide bonds. The van der Waals surface area contributed by atoms with E-state index in [1.165, 1.54) is 24.1 Å². The molecule has 0 spiro atoms. The van der Waals surface area contributed by atoms with Gasteiger partial charge >= 0.3 is 0 Å². The first-order chi connectivity index (χ1) is 10.1. The Morgan fingerprint density at radius 3 is 3.00 bits per heavy atom. The van der Waals surface area contributed by atoms with Gasteiger partial charge in [0.1, 0.15) is 10.8 Å². The largest absolute Gasteiger partial charge is 0.389 e. The van der Waals surface area contributed by atoms with E-state index < -0.39 is 0 Å². The van der Waals surface area contributed by atoms with Crippen LogP contribution in [-0.2, 0) is 17.6 Å². The molecule has 114 valence electrons. The number of aromatic nitrogens is 1. The van der Waals surface area contributed by atoms with Gasteiger partial charge in [-0.05, 0) is 50.7 Å². The van der Waals surface area contributed by atoms with E-state index in [0.717, 1.165) is 43.8 Å². The van der Waals surface area contributed by atoms with Crippen molar-refractivity contribution in [2.24, 2.45) is 11.7 Å². The van der Waals surface area contributed by atoms with Crippen molar-refractivity contribution in [3.05, 3.63) is 22.9 Å². The van der Waals surface area contributed by atoms with Crippen molar-refractivity contribution in [1.82, 2.24) is 4.98 Å². The van der Waals surface area contributed by atoms with Gasteiger partial charge in [-0.3, -0.25) is 0 Å². The first kappa shape index (κ1) is 14.7. The number of pyridine rings is 1. The molecule has 1 aromatic heterocycles. The van der Waals surface area contributed by atoms with E-state index in [1.807, 2.05) is 0 Å². The molecule has 1 aliphatic carbocycles. The van der Waals surface area contributed by atoms with Crippen molar-refractivity contribution in [3.63, 3.8) is 0 Å². The van der Waals surface area contributed by atoms with Crippen LogP contribution in [0, 0.1) is 5.92 Å². The van der Waals surface area contributed by atoms with Crippen LogP contribution in [0.15, 0.2) is 6.07 Å². The highest BCUT2D eigenvalue weighted by Crippen LogP contribution is 2.26. The molecule has 4 nitrogen and oxygen atoms in total. The minimum Gasteiger partial charge on any atom is -0.389 e. The first-order valence-electron chi connectivity index (χ1n) is 7.83. The summed E-state index contributed by atoms with van der Waals surface area (Å²) in [4.78, 5) is 5.23. The lowest BCUT2D eigenvalue weighted by molar-refractivity contribution is 0.108. The lowest BCUT2D eigenvalue weighted by Crippen LogP contribution is -2.24. The van der Waals surface area contributed by atoms with E-state index in [2.05, 4.69) is 18.3 Å². The number of rotatable bonds is 4. The van der Waals surface area contributed by atoms with Gasteiger partial charge in [-0.25, -0.2) is 4.98 Å². The number of nitrogens with one attached hydrogen (secondary N) is 1. The fraction of sp³-hybridized carbons (Fsp3) is 0.625. The van der Waals surface area contributed by atoms with Crippen molar-refractivity contribution >= 4 is 23.0 Å². The van der Waals surface area contributed by atoms with Crippen LogP contribution >= 0.6 is 12.2 Å². The maximum atomic E-state index is 5.89. The highest BCUT2D eigenvalue weighted by Gasteiger charge is 2.24. The van der Waals surface area contributed by atoms with Gasteiger partial charge in [-0.1, -0.05) is 12.2 Å². The quantitative estimate of drug-likeness (QED) is 0.837. The molecule has 0 saturated carbocycles. The highest BCUT2D eigenvalue weighted by molar-refractivity contribution is 7.80. The van der Waals surface area contributed by atoms with Gasteiger partial charge in [0, 0.05) is 24.8 Å². The Balaban J connectivity index is 1.80. The zero-order valence-electron chi connectivity index (χ0n) is 12.5. The topological polar surface area (TPSA) is 60.2 Å². The standard InChI is InChI=1S/C16H23N3OS/c1-10-12(6-7-20-10)9-18-16-13(15(17)21)8-11-4-2-3-5-14(11)19-16/h8,10,12H,2-7,9H2,1H3,(H2,17,21)(H,18,19). The molecule has 2 aliphatic rings. The summed E-state index contributed by atoms with van der Waals surface area (Å²) in [6.45, 7) is 3.85. The van der Waals surface area contributed by atoms with E-state index in [9.17, 15) is 0 Å². The zero-order chi connectivity index (χ0) is 14.8. The van der Waals surface area contributed by atoms with Crippen LogP contribution < -0.4 is 11.1 Å². The minimum atomic E-state index is 0.309. The Kier molecular flexibility index (Phi) is 4.40. The summed E-state index contributed by atoms with van der Waals surface area (Å²) in [5, 5.41) is 3.46. The molecular formula is C16H23N3OS. The van der Waals surface area contributed by atoms with Crippen molar-refractivity contribution < 1.29 is 4.74 Å².